The summed E-state index contributed by atoms with van der Waals surface area (Å²) in [5.41, 5.74) is 6.25. The molecule has 2 aromatic heterocycles. The molecule has 144 valence electrons. The van der Waals surface area contributed by atoms with Crippen LogP contribution in [0.1, 0.15) is 16.8 Å². The van der Waals surface area contributed by atoms with Crippen LogP contribution in [-0.2, 0) is 6.54 Å². The second-order valence-electron chi connectivity index (χ2n) is 6.89. The lowest BCUT2D eigenvalue weighted by atomic mass is 10.1. The quantitative estimate of drug-likeness (QED) is 0.461. The molecule has 0 bridgehead atoms. The van der Waals surface area contributed by atoms with Crippen molar-refractivity contribution >= 4 is 17.5 Å². The van der Waals surface area contributed by atoms with Crippen molar-refractivity contribution < 1.29 is 0 Å². The molecule has 0 fully saturated rings. The number of aromatic nitrogens is 3. The molecule has 0 aliphatic carbocycles. The van der Waals surface area contributed by atoms with Crippen molar-refractivity contribution in [3.63, 3.8) is 0 Å². The van der Waals surface area contributed by atoms with Gasteiger partial charge in [-0.2, -0.15) is 4.98 Å². The Kier molecular flexibility index (Phi) is 5.47. The van der Waals surface area contributed by atoms with Gasteiger partial charge in [0.15, 0.2) is 0 Å². The van der Waals surface area contributed by atoms with Gasteiger partial charge in [0.25, 0.3) is 0 Å². The minimum absolute atomic E-state index is 0.557. The highest BCUT2D eigenvalue weighted by Crippen LogP contribution is 2.27. The van der Waals surface area contributed by atoms with Gasteiger partial charge in [0.1, 0.15) is 5.82 Å². The minimum atomic E-state index is 0.557. The zero-order chi connectivity index (χ0) is 20.1. The fourth-order valence-electron chi connectivity index (χ4n) is 3.16. The maximum Gasteiger partial charge on any atom is 0.225 e. The average molecular weight is 381 g/mol. The molecule has 4 aromatic rings. The van der Waals surface area contributed by atoms with Gasteiger partial charge in [-0.1, -0.05) is 54.6 Å². The largest absolute Gasteiger partial charge is 0.348 e. The third-order valence-electron chi connectivity index (χ3n) is 4.68. The van der Waals surface area contributed by atoms with Crippen LogP contribution in [0.5, 0.6) is 0 Å². The van der Waals surface area contributed by atoms with E-state index in [-0.39, 0.29) is 0 Å². The molecular formula is C24H23N5. The van der Waals surface area contributed by atoms with Gasteiger partial charge in [-0.25, -0.2) is 4.98 Å². The van der Waals surface area contributed by atoms with Crippen molar-refractivity contribution in [1.29, 1.82) is 0 Å². The van der Waals surface area contributed by atoms with Crippen LogP contribution in [-0.4, -0.2) is 15.0 Å². The minimum Gasteiger partial charge on any atom is -0.348 e. The van der Waals surface area contributed by atoms with E-state index in [0.717, 1.165) is 28.5 Å². The normalized spacial score (nSPS) is 10.6. The fourth-order valence-corrected chi connectivity index (χ4v) is 3.16. The molecule has 0 saturated heterocycles. The average Bonchev–Trinajstić information content (AvgIpc) is 2.76. The number of aryl methyl sites for hydroxylation is 2. The monoisotopic (exact) mass is 381 g/mol. The number of nitrogens with one attached hydrogen (secondary N) is 2. The first-order chi connectivity index (χ1) is 14.2. The van der Waals surface area contributed by atoms with Crippen LogP contribution in [0.15, 0.2) is 79.0 Å². The van der Waals surface area contributed by atoms with E-state index in [0.29, 0.717) is 12.5 Å². The smallest absolute Gasteiger partial charge is 0.225 e. The van der Waals surface area contributed by atoms with Gasteiger partial charge in [-0.15, -0.1) is 0 Å². The van der Waals surface area contributed by atoms with Gasteiger partial charge in [-0.05, 0) is 37.1 Å². The lowest BCUT2D eigenvalue weighted by Crippen LogP contribution is -2.07. The number of anilines is 3. The molecule has 0 unspecified atom stereocenters. The molecule has 5 nitrogen and oxygen atoms in total. The van der Waals surface area contributed by atoms with Crippen LogP contribution in [0.3, 0.4) is 0 Å². The van der Waals surface area contributed by atoms with Gasteiger partial charge in [0, 0.05) is 23.5 Å². The molecule has 29 heavy (non-hydrogen) atoms. The van der Waals surface area contributed by atoms with Crippen molar-refractivity contribution in [3.05, 3.63) is 95.8 Å². The molecule has 0 spiro atoms. The Bertz CT molecular complexity index is 1070. The van der Waals surface area contributed by atoms with Gasteiger partial charge in [0.2, 0.25) is 5.95 Å². The van der Waals surface area contributed by atoms with Gasteiger partial charge >= 0.3 is 0 Å². The Morgan fingerprint density at radius 2 is 1.55 bits per heavy atom. The summed E-state index contributed by atoms with van der Waals surface area (Å²) in [7, 11) is 0. The Morgan fingerprint density at radius 1 is 0.793 bits per heavy atom. The van der Waals surface area contributed by atoms with Gasteiger partial charge in [-0.3, -0.25) is 4.98 Å². The summed E-state index contributed by atoms with van der Waals surface area (Å²) in [6, 6.07) is 24.2. The first kappa shape index (κ1) is 18.6. The van der Waals surface area contributed by atoms with Crippen LogP contribution in [0.4, 0.5) is 17.5 Å². The number of nitrogens with zero attached hydrogens (tertiary/aromatic N) is 3. The van der Waals surface area contributed by atoms with E-state index in [1.54, 1.807) is 6.20 Å². The molecular weight excluding hydrogens is 358 g/mol. The molecule has 2 heterocycles. The number of pyridine rings is 1. The predicted octanol–water partition coefficient (Wildman–Crippen LogP) is 5.51. The van der Waals surface area contributed by atoms with E-state index in [9.17, 15) is 0 Å². The SMILES string of the molecule is Cc1cccc(C)c1Nc1cc(-c2ccccc2)nc(NCc2ccccn2)n1. The molecule has 0 saturated carbocycles. The lowest BCUT2D eigenvalue weighted by Gasteiger charge is -2.14. The lowest BCUT2D eigenvalue weighted by molar-refractivity contribution is 1.00. The third-order valence-corrected chi connectivity index (χ3v) is 4.68. The highest BCUT2D eigenvalue weighted by molar-refractivity contribution is 5.70. The standard InChI is InChI=1S/C24H23N5/c1-17-9-8-10-18(2)23(17)28-22-15-21(19-11-4-3-5-12-19)27-24(29-22)26-16-20-13-6-7-14-25-20/h3-15H,16H2,1-2H3,(H2,26,27,28,29). The fraction of sp³-hybridized carbons (Fsp3) is 0.125. The maximum atomic E-state index is 4.72. The number of hydrogen-bond acceptors (Lipinski definition) is 5. The molecule has 5 heteroatoms. The molecule has 0 radical (unpaired) electrons. The molecule has 2 aromatic carbocycles. The summed E-state index contributed by atoms with van der Waals surface area (Å²) < 4.78 is 0. The van der Waals surface area contributed by atoms with Gasteiger partial charge < -0.3 is 10.6 Å². The number of benzene rings is 2. The summed E-state index contributed by atoms with van der Waals surface area (Å²) in [6.45, 7) is 4.74. The Labute approximate surface area is 170 Å². The predicted molar refractivity (Wildman–Crippen MR) is 118 cm³/mol. The van der Waals surface area contributed by atoms with Crippen LogP contribution < -0.4 is 10.6 Å². The second kappa shape index (κ2) is 8.52. The van der Waals surface area contributed by atoms with Crippen molar-refractivity contribution in [3.8, 4) is 11.3 Å². The molecule has 0 amide bonds. The Hall–Kier alpha value is -3.73. The Balaban J connectivity index is 1.68. The number of hydrogen-bond donors (Lipinski definition) is 2. The first-order valence-corrected chi connectivity index (χ1v) is 9.60. The summed E-state index contributed by atoms with van der Waals surface area (Å²) >= 11 is 0. The molecule has 0 aliphatic heterocycles. The maximum absolute atomic E-state index is 4.72. The van der Waals surface area contributed by atoms with E-state index in [1.807, 2.05) is 54.6 Å². The van der Waals surface area contributed by atoms with Gasteiger partial charge in [0.05, 0.1) is 17.9 Å². The zero-order valence-electron chi connectivity index (χ0n) is 16.6. The summed E-state index contributed by atoms with van der Waals surface area (Å²) in [4.78, 5) is 13.8. The molecule has 2 N–H and O–H groups in total. The molecule has 4 rings (SSSR count). The first-order valence-electron chi connectivity index (χ1n) is 9.60. The zero-order valence-corrected chi connectivity index (χ0v) is 16.6. The molecule has 0 atom stereocenters. The summed E-state index contributed by atoms with van der Waals surface area (Å²) in [5, 5.41) is 6.78. The van der Waals surface area contributed by atoms with Crippen LogP contribution >= 0.6 is 0 Å². The summed E-state index contributed by atoms with van der Waals surface area (Å²) in [5.74, 6) is 1.31. The van der Waals surface area contributed by atoms with Crippen LogP contribution in [0.2, 0.25) is 0 Å². The van der Waals surface area contributed by atoms with Crippen molar-refractivity contribution in [2.75, 3.05) is 10.6 Å². The number of para-hydroxylation sites is 1. The highest BCUT2D eigenvalue weighted by atomic mass is 15.1. The van der Waals surface area contributed by atoms with Crippen LogP contribution in [0.25, 0.3) is 11.3 Å². The van der Waals surface area contributed by atoms with Crippen LogP contribution in [0, 0.1) is 13.8 Å². The van der Waals surface area contributed by atoms with E-state index in [4.69, 9.17) is 9.97 Å². The molecule has 0 aliphatic rings. The Morgan fingerprint density at radius 3 is 2.28 bits per heavy atom. The van der Waals surface area contributed by atoms with Crippen molar-refractivity contribution in [1.82, 2.24) is 15.0 Å². The topological polar surface area (TPSA) is 62.7 Å². The number of rotatable bonds is 6. The third kappa shape index (κ3) is 4.58. The van der Waals surface area contributed by atoms with Crippen molar-refractivity contribution in [2.45, 2.75) is 20.4 Å². The summed E-state index contributed by atoms with van der Waals surface area (Å²) in [6.07, 6.45) is 1.78. The van der Waals surface area contributed by atoms with Crippen molar-refractivity contribution in [2.24, 2.45) is 0 Å². The van der Waals surface area contributed by atoms with E-state index in [1.165, 1.54) is 11.1 Å². The highest BCUT2D eigenvalue weighted by Gasteiger charge is 2.09. The second-order valence-corrected chi connectivity index (χ2v) is 6.89. The van der Waals surface area contributed by atoms with E-state index < -0.39 is 0 Å². The van der Waals surface area contributed by atoms with E-state index in [2.05, 4.69) is 47.7 Å². The van der Waals surface area contributed by atoms with E-state index >= 15 is 0 Å².